The van der Waals surface area contributed by atoms with E-state index < -0.39 is 8.09 Å². The van der Waals surface area contributed by atoms with E-state index >= 15 is 0 Å². The summed E-state index contributed by atoms with van der Waals surface area (Å²) in [5.74, 6) is 1.77. The van der Waals surface area contributed by atoms with Gasteiger partial charge in [0.05, 0.1) is 0 Å². The third kappa shape index (κ3) is 4.10. The summed E-state index contributed by atoms with van der Waals surface area (Å²) in [6, 6.07) is 28.0. The first kappa shape index (κ1) is 18.3. The van der Waals surface area contributed by atoms with E-state index in [2.05, 4.69) is 0 Å². The van der Waals surface area contributed by atoms with Crippen LogP contribution in [0, 0.1) is 0 Å². The molecule has 6 heteroatoms. The Hall–Kier alpha value is -3.04. The fraction of sp³-hybridized carbons (Fsp3) is 0.136. The quantitative estimate of drug-likeness (QED) is 0.512. The van der Waals surface area contributed by atoms with Crippen molar-refractivity contribution in [3.05, 3.63) is 91.0 Å². The minimum absolute atomic E-state index is 0.0190. The molecule has 3 aromatic carbocycles. The summed E-state index contributed by atoms with van der Waals surface area (Å²) in [6.07, 6.45) is 1.21. The summed E-state index contributed by atoms with van der Waals surface area (Å²) >= 11 is 0. The van der Waals surface area contributed by atoms with E-state index in [0.717, 1.165) is 6.42 Å². The van der Waals surface area contributed by atoms with Gasteiger partial charge in [-0.15, -0.1) is 0 Å². The van der Waals surface area contributed by atoms with E-state index in [1.165, 1.54) is 0 Å². The zero-order valence-corrected chi connectivity index (χ0v) is 16.4. The monoisotopic (exact) mass is 395 g/mol. The molecule has 4 rings (SSSR count). The minimum atomic E-state index is -3.66. The third-order valence-corrected chi connectivity index (χ3v) is 6.99. The van der Waals surface area contributed by atoms with Crippen molar-refractivity contribution in [2.45, 2.75) is 12.8 Å². The van der Waals surface area contributed by atoms with Crippen LogP contribution in [0.1, 0.15) is 12.8 Å². The number of carbonyl (C=O) groups is 1. The van der Waals surface area contributed by atoms with Crippen LogP contribution in [0.5, 0.6) is 17.2 Å². The summed E-state index contributed by atoms with van der Waals surface area (Å²) in [7, 11) is -3.66. The van der Waals surface area contributed by atoms with Crippen molar-refractivity contribution in [1.82, 2.24) is 4.67 Å². The number of benzene rings is 3. The average Bonchev–Trinajstić information content (AvgIpc) is 3.17. The molecule has 0 bridgehead atoms. The Balaban J connectivity index is 1.78. The van der Waals surface area contributed by atoms with Gasteiger partial charge in [0.1, 0.15) is 0 Å². The van der Waals surface area contributed by atoms with Gasteiger partial charge in [0.2, 0.25) is 0 Å². The van der Waals surface area contributed by atoms with Gasteiger partial charge in [-0.1, -0.05) is 0 Å². The van der Waals surface area contributed by atoms with Gasteiger partial charge in [-0.2, -0.15) is 0 Å². The number of rotatable bonds is 7. The number of nitrogens with zero attached hydrogens (tertiary/aromatic N) is 1. The number of hydrogen-bond acceptors (Lipinski definition) is 4. The SMILES string of the molecule is O=C1CCCN1[PH](Oc1ccccc1)(Oc1ccccc1)Oc1ccccc1. The molecule has 0 aromatic heterocycles. The van der Waals surface area contributed by atoms with Crippen molar-refractivity contribution in [2.75, 3.05) is 6.54 Å². The average molecular weight is 395 g/mol. The maximum atomic E-state index is 12.7. The molecule has 3 aromatic rings. The van der Waals surface area contributed by atoms with Crippen LogP contribution in [0.3, 0.4) is 0 Å². The van der Waals surface area contributed by atoms with Crippen LogP contribution in [0.4, 0.5) is 0 Å². The van der Waals surface area contributed by atoms with Gasteiger partial charge in [-0.05, 0) is 0 Å². The van der Waals surface area contributed by atoms with Gasteiger partial charge >= 0.3 is 165 Å². The van der Waals surface area contributed by atoms with Gasteiger partial charge in [0.15, 0.2) is 0 Å². The summed E-state index contributed by atoms with van der Waals surface area (Å²) in [6.45, 7) is 0.539. The van der Waals surface area contributed by atoms with Crippen LogP contribution in [0.2, 0.25) is 0 Å². The van der Waals surface area contributed by atoms with Crippen molar-refractivity contribution in [1.29, 1.82) is 0 Å². The summed E-state index contributed by atoms with van der Waals surface area (Å²) in [4.78, 5) is 12.7. The number of hydrogen-bond donors (Lipinski definition) is 0. The summed E-state index contributed by atoms with van der Waals surface area (Å²) in [5, 5.41) is 0. The molecule has 0 saturated carbocycles. The second kappa shape index (κ2) is 8.32. The van der Waals surface area contributed by atoms with Crippen LogP contribution in [-0.2, 0) is 4.79 Å². The van der Waals surface area contributed by atoms with Crippen molar-refractivity contribution < 1.29 is 18.4 Å². The standard InChI is InChI=1S/C22H22NO4P/c24-22-17-10-18-23(22)28(25-19-11-4-1-5-12-19,26-20-13-6-2-7-14-20)27-21-15-8-3-9-16-21/h1-9,11-16,28H,10,17-18H2. The molecule has 1 aliphatic rings. The molecule has 0 spiro atoms. The second-order valence-corrected chi connectivity index (χ2v) is 8.62. The Morgan fingerprint density at radius 2 is 1.04 bits per heavy atom. The number of para-hydroxylation sites is 3. The molecule has 1 aliphatic heterocycles. The molecular weight excluding hydrogens is 373 g/mol. The molecule has 5 nitrogen and oxygen atoms in total. The predicted octanol–water partition coefficient (Wildman–Crippen LogP) is 5.26. The predicted molar refractivity (Wildman–Crippen MR) is 110 cm³/mol. The fourth-order valence-corrected chi connectivity index (χ4v) is 5.68. The first-order valence-electron chi connectivity index (χ1n) is 9.28. The van der Waals surface area contributed by atoms with E-state index in [4.69, 9.17) is 13.6 Å². The molecule has 0 unspecified atom stereocenters. The first-order chi connectivity index (χ1) is 13.8. The molecule has 1 heterocycles. The molecule has 0 radical (unpaired) electrons. The van der Waals surface area contributed by atoms with Crippen molar-refractivity contribution in [2.24, 2.45) is 0 Å². The Labute approximate surface area is 165 Å². The molecule has 1 fully saturated rings. The summed E-state index contributed by atoms with van der Waals surface area (Å²) in [5.41, 5.74) is 0. The summed E-state index contributed by atoms with van der Waals surface area (Å²) < 4.78 is 20.7. The van der Waals surface area contributed by atoms with Crippen LogP contribution in [-0.4, -0.2) is 17.1 Å². The number of carbonyl (C=O) groups excluding carboxylic acids is 1. The van der Waals surface area contributed by atoms with Crippen LogP contribution >= 0.6 is 8.09 Å². The van der Waals surface area contributed by atoms with Gasteiger partial charge < -0.3 is 0 Å². The van der Waals surface area contributed by atoms with Crippen molar-refractivity contribution in [3.8, 4) is 17.2 Å². The van der Waals surface area contributed by atoms with Crippen LogP contribution in [0.15, 0.2) is 91.0 Å². The number of amides is 1. The third-order valence-electron chi connectivity index (χ3n) is 4.37. The van der Waals surface area contributed by atoms with E-state index in [1.54, 1.807) is 4.67 Å². The van der Waals surface area contributed by atoms with E-state index in [0.29, 0.717) is 30.2 Å². The molecule has 1 amide bonds. The molecule has 0 N–H and O–H groups in total. The molecule has 1 saturated heterocycles. The van der Waals surface area contributed by atoms with Crippen molar-refractivity contribution >= 4 is 14.0 Å². The Morgan fingerprint density at radius 1 is 0.643 bits per heavy atom. The Kier molecular flexibility index (Phi) is 5.45. The molecule has 28 heavy (non-hydrogen) atoms. The zero-order chi connectivity index (χ0) is 19.2. The van der Waals surface area contributed by atoms with E-state index in [1.807, 2.05) is 91.0 Å². The molecule has 144 valence electrons. The first-order valence-corrected chi connectivity index (χ1v) is 10.9. The van der Waals surface area contributed by atoms with E-state index in [9.17, 15) is 4.79 Å². The zero-order valence-electron chi connectivity index (χ0n) is 15.4. The Bertz CT molecular complexity index is 804. The van der Waals surface area contributed by atoms with E-state index in [-0.39, 0.29) is 5.91 Å². The van der Waals surface area contributed by atoms with Gasteiger partial charge in [-0.25, -0.2) is 0 Å². The molecule has 0 aliphatic carbocycles. The topological polar surface area (TPSA) is 48.0 Å². The van der Waals surface area contributed by atoms with Gasteiger partial charge in [-0.3, -0.25) is 0 Å². The van der Waals surface area contributed by atoms with Crippen LogP contribution < -0.4 is 13.6 Å². The van der Waals surface area contributed by atoms with Crippen molar-refractivity contribution in [3.63, 3.8) is 0 Å². The van der Waals surface area contributed by atoms with Crippen LogP contribution in [0.25, 0.3) is 0 Å². The van der Waals surface area contributed by atoms with Gasteiger partial charge in [0, 0.05) is 0 Å². The maximum absolute atomic E-state index is 12.7. The molecular formula is C22H22NO4P. The second-order valence-electron chi connectivity index (χ2n) is 6.42. The normalized spacial score (nSPS) is 14.6. The Morgan fingerprint density at radius 3 is 1.36 bits per heavy atom. The molecule has 0 atom stereocenters. The fourth-order valence-electron chi connectivity index (χ4n) is 3.08. The van der Waals surface area contributed by atoms with Gasteiger partial charge in [0.25, 0.3) is 0 Å².